The molecule has 0 saturated carbocycles. The van der Waals surface area contributed by atoms with Gasteiger partial charge < -0.3 is 30.3 Å². The smallest absolute Gasteiger partial charge is 0.328 e. The average Bonchev–Trinajstić information content (AvgIpc) is 2.30. The van der Waals surface area contributed by atoms with E-state index in [0.29, 0.717) is 0 Å². The molecule has 17 heavy (non-hydrogen) atoms. The zero-order valence-electron chi connectivity index (χ0n) is 9.63. The van der Waals surface area contributed by atoms with Crippen molar-refractivity contribution in [3.63, 3.8) is 0 Å². The largest absolute Gasteiger partial charge is 0.480 e. The lowest BCUT2D eigenvalue weighted by molar-refractivity contribution is -0.140. The van der Waals surface area contributed by atoms with E-state index in [0.717, 1.165) is 0 Å². The summed E-state index contributed by atoms with van der Waals surface area (Å²) in [4.78, 5) is 23.4. The second-order valence-corrected chi connectivity index (χ2v) is 3.23. The van der Waals surface area contributed by atoms with Crippen LogP contribution in [0, 0.1) is 0 Å². The van der Waals surface area contributed by atoms with Crippen LogP contribution in [0.5, 0.6) is 0 Å². The van der Waals surface area contributed by atoms with E-state index in [2.05, 4.69) is 5.32 Å². The van der Waals surface area contributed by atoms with Crippen LogP contribution in [0.2, 0.25) is 0 Å². The highest BCUT2D eigenvalue weighted by Crippen LogP contribution is 1.92. The standard InChI is InChI=1S/C9H18N2O6/c1-17-5-3-11(2-4-12)9(16)10-7(6-13)8(14)15/h7,12-13H,2-6H2,1H3,(H,10,16)(H,14,15). The van der Waals surface area contributed by atoms with Gasteiger partial charge in [-0.05, 0) is 0 Å². The first-order valence-corrected chi connectivity index (χ1v) is 5.05. The summed E-state index contributed by atoms with van der Waals surface area (Å²) in [6, 6.07) is -2.02. The van der Waals surface area contributed by atoms with Crippen LogP contribution in [0.1, 0.15) is 0 Å². The summed E-state index contributed by atoms with van der Waals surface area (Å²) in [5.41, 5.74) is 0. The van der Waals surface area contributed by atoms with Gasteiger partial charge in [0, 0.05) is 20.2 Å². The van der Waals surface area contributed by atoms with E-state index in [1.807, 2.05) is 0 Å². The van der Waals surface area contributed by atoms with Crippen molar-refractivity contribution >= 4 is 12.0 Å². The molecule has 0 spiro atoms. The first-order chi connectivity index (χ1) is 8.06. The fourth-order valence-electron chi connectivity index (χ4n) is 1.06. The van der Waals surface area contributed by atoms with Crippen LogP contribution in [0.15, 0.2) is 0 Å². The molecular formula is C9H18N2O6. The number of carboxylic acid groups (broad SMARTS) is 1. The summed E-state index contributed by atoms with van der Waals surface area (Å²) in [7, 11) is 1.46. The highest BCUT2D eigenvalue weighted by atomic mass is 16.5. The van der Waals surface area contributed by atoms with Crippen LogP contribution in [0.25, 0.3) is 0 Å². The number of urea groups is 1. The number of amides is 2. The summed E-state index contributed by atoms with van der Waals surface area (Å²) >= 11 is 0. The molecule has 1 atom stereocenters. The first-order valence-electron chi connectivity index (χ1n) is 5.05. The van der Waals surface area contributed by atoms with Gasteiger partial charge in [-0.2, -0.15) is 0 Å². The predicted octanol–water partition coefficient (Wildman–Crippen LogP) is -1.92. The number of hydrogen-bond acceptors (Lipinski definition) is 5. The van der Waals surface area contributed by atoms with Crippen molar-refractivity contribution in [1.29, 1.82) is 0 Å². The van der Waals surface area contributed by atoms with Crippen molar-refractivity contribution in [2.45, 2.75) is 6.04 Å². The number of carbonyl (C=O) groups excluding carboxylic acids is 1. The quantitative estimate of drug-likeness (QED) is 0.399. The molecule has 2 amide bonds. The topological polar surface area (TPSA) is 119 Å². The second-order valence-electron chi connectivity index (χ2n) is 3.23. The minimum atomic E-state index is -1.36. The number of nitrogens with zero attached hydrogens (tertiary/aromatic N) is 1. The Kier molecular flexibility index (Phi) is 8.03. The number of carboxylic acids is 1. The molecule has 0 saturated heterocycles. The molecule has 8 nitrogen and oxygen atoms in total. The van der Waals surface area contributed by atoms with Crippen molar-refractivity contribution in [2.75, 3.05) is 40.0 Å². The van der Waals surface area contributed by atoms with E-state index in [9.17, 15) is 9.59 Å². The number of aliphatic carboxylic acids is 1. The van der Waals surface area contributed by atoms with Gasteiger partial charge in [-0.3, -0.25) is 0 Å². The van der Waals surface area contributed by atoms with Crippen LogP contribution in [-0.2, 0) is 9.53 Å². The summed E-state index contributed by atoms with van der Waals surface area (Å²) in [5.74, 6) is -1.32. The zero-order chi connectivity index (χ0) is 13.3. The number of aliphatic hydroxyl groups excluding tert-OH is 2. The third kappa shape index (κ3) is 6.05. The van der Waals surface area contributed by atoms with E-state index < -0.39 is 24.6 Å². The summed E-state index contributed by atoms with van der Waals surface area (Å²) in [5, 5.41) is 28.3. The maximum absolute atomic E-state index is 11.6. The fraction of sp³-hybridized carbons (Fsp3) is 0.778. The molecule has 0 bridgehead atoms. The Labute approximate surface area is 98.8 Å². The normalized spacial score (nSPS) is 11.9. The number of rotatable bonds is 8. The molecule has 0 rings (SSSR count). The number of aliphatic hydroxyl groups is 2. The van der Waals surface area contributed by atoms with Crippen LogP contribution < -0.4 is 5.32 Å². The molecule has 0 fully saturated rings. The van der Waals surface area contributed by atoms with Gasteiger partial charge in [0.25, 0.3) is 0 Å². The maximum Gasteiger partial charge on any atom is 0.328 e. The molecule has 8 heteroatoms. The van der Waals surface area contributed by atoms with Crippen molar-refractivity contribution in [3.05, 3.63) is 0 Å². The SMILES string of the molecule is COCCN(CCO)C(=O)NC(CO)C(=O)O. The Bertz CT molecular complexity index is 248. The van der Waals surface area contributed by atoms with Crippen LogP contribution in [0.3, 0.4) is 0 Å². The second kappa shape index (κ2) is 8.74. The first kappa shape index (κ1) is 15.6. The molecule has 1 unspecified atom stereocenters. The molecule has 0 aliphatic heterocycles. The van der Waals surface area contributed by atoms with Gasteiger partial charge in [-0.1, -0.05) is 0 Å². The highest BCUT2D eigenvalue weighted by Gasteiger charge is 2.21. The van der Waals surface area contributed by atoms with Crippen molar-refractivity contribution in [1.82, 2.24) is 10.2 Å². The molecule has 100 valence electrons. The number of methoxy groups -OCH3 is 1. The number of carbonyl (C=O) groups is 2. The molecule has 0 aliphatic rings. The minimum Gasteiger partial charge on any atom is -0.480 e. The Balaban J connectivity index is 4.33. The van der Waals surface area contributed by atoms with Gasteiger partial charge >= 0.3 is 12.0 Å². The van der Waals surface area contributed by atoms with Gasteiger partial charge in [-0.15, -0.1) is 0 Å². The lowest BCUT2D eigenvalue weighted by Gasteiger charge is -2.23. The third-order valence-electron chi connectivity index (χ3n) is 2.00. The minimum absolute atomic E-state index is 0.0625. The summed E-state index contributed by atoms with van der Waals surface area (Å²) in [6.45, 7) is -0.385. The van der Waals surface area contributed by atoms with Gasteiger partial charge in [0.2, 0.25) is 0 Å². The Morgan fingerprint density at radius 1 is 1.35 bits per heavy atom. The Morgan fingerprint density at radius 2 is 2.00 bits per heavy atom. The zero-order valence-corrected chi connectivity index (χ0v) is 9.63. The molecule has 0 aromatic carbocycles. The predicted molar refractivity (Wildman–Crippen MR) is 57.6 cm³/mol. The fourth-order valence-corrected chi connectivity index (χ4v) is 1.06. The van der Waals surface area contributed by atoms with E-state index in [1.54, 1.807) is 0 Å². The molecule has 4 N–H and O–H groups in total. The van der Waals surface area contributed by atoms with Crippen molar-refractivity contribution in [2.24, 2.45) is 0 Å². The maximum atomic E-state index is 11.6. The highest BCUT2D eigenvalue weighted by molar-refractivity contribution is 5.82. The molecule has 0 aromatic rings. The monoisotopic (exact) mass is 250 g/mol. The molecule has 0 heterocycles. The van der Waals surface area contributed by atoms with Gasteiger partial charge in [0.1, 0.15) is 0 Å². The number of nitrogens with one attached hydrogen (secondary N) is 1. The van der Waals surface area contributed by atoms with Crippen molar-refractivity contribution in [3.8, 4) is 0 Å². The lowest BCUT2D eigenvalue weighted by atomic mass is 10.3. The number of ether oxygens (including phenoxy) is 1. The Hall–Kier alpha value is -1.38. The summed E-state index contributed by atoms with van der Waals surface area (Å²) in [6.07, 6.45) is 0. The summed E-state index contributed by atoms with van der Waals surface area (Å²) < 4.78 is 4.78. The van der Waals surface area contributed by atoms with Crippen LogP contribution in [0.4, 0.5) is 4.79 Å². The van der Waals surface area contributed by atoms with E-state index >= 15 is 0 Å². The lowest BCUT2D eigenvalue weighted by Crippen LogP contribution is -2.50. The van der Waals surface area contributed by atoms with E-state index in [-0.39, 0.29) is 26.3 Å². The van der Waals surface area contributed by atoms with E-state index in [1.165, 1.54) is 12.0 Å². The molecular weight excluding hydrogens is 232 g/mol. The average molecular weight is 250 g/mol. The van der Waals surface area contributed by atoms with E-state index in [4.69, 9.17) is 20.1 Å². The van der Waals surface area contributed by atoms with Crippen LogP contribution in [-0.4, -0.2) is 78.3 Å². The molecule has 0 radical (unpaired) electrons. The van der Waals surface area contributed by atoms with Crippen molar-refractivity contribution < 1.29 is 29.6 Å². The molecule has 0 aliphatic carbocycles. The van der Waals surface area contributed by atoms with Gasteiger partial charge in [0.15, 0.2) is 6.04 Å². The van der Waals surface area contributed by atoms with Gasteiger partial charge in [0.05, 0.1) is 19.8 Å². The number of hydrogen-bond donors (Lipinski definition) is 4. The Morgan fingerprint density at radius 3 is 2.41 bits per heavy atom. The van der Waals surface area contributed by atoms with Gasteiger partial charge in [-0.25, -0.2) is 9.59 Å². The van der Waals surface area contributed by atoms with Crippen LogP contribution >= 0.6 is 0 Å². The molecule has 0 aromatic heterocycles. The third-order valence-corrected chi connectivity index (χ3v) is 2.00.